The summed E-state index contributed by atoms with van der Waals surface area (Å²) >= 11 is 0. The molecule has 0 nitrogen and oxygen atoms in total. The molecule has 0 aromatic rings. The van der Waals surface area contributed by atoms with Crippen molar-refractivity contribution in [3.8, 4) is 0 Å². The van der Waals surface area contributed by atoms with E-state index in [1.54, 1.807) is 0 Å². The van der Waals surface area contributed by atoms with Crippen LogP contribution in [0.4, 0.5) is 0 Å². The zero-order valence-electron chi connectivity index (χ0n) is 15.4. The molecular weight excluding hydrogens is 252 g/mol. The molecule has 0 aliphatic heterocycles. The molecule has 1 aliphatic carbocycles. The van der Waals surface area contributed by atoms with Gasteiger partial charge in [-0.25, -0.2) is 0 Å². The summed E-state index contributed by atoms with van der Waals surface area (Å²) in [6.45, 7) is 11.8. The van der Waals surface area contributed by atoms with Crippen LogP contribution < -0.4 is 0 Å². The van der Waals surface area contributed by atoms with E-state index in [0.29, 0.717) is 0 Å². The van der Waals surface area contributed by atoms with E-state index in [4.69, 9.17) is 0 Å². The highest BCUT2D eigenvalue weighted by atomic mass is 14.4. The Morgan fingerprint density at radius 1 is 0.905 bits per heavy atom. The monoisotopic (exact) mass is 292 g/mol. The first-order valence-electron chi connectivity index (χ1n) is 9.67. The standard InChI is InChI=1S/C21H40/c1-6-18(4)12-8-9-13-19(5)15-21-16-20(21)14-10-7-11-17(2)3/h7,10,17-21H,6,8-9,11-16H2,1-5H3. The minimum atomic E-state index is 0.812. The molecule has 4 atom stereocenters. The second-order valence-corrected chi connectivity index (χ2v) is 8.23. The van der Waals surface area contributed by atoms with Gasteiger partial charge in [0.25, 0.3) is 0 Å². The van der Waals surface area contributed by atoms with Crippen molar-refractivity contribution in [2.24, 2.45) is 29.6 Å². The van der Waals surface area contributed by atoms with E-state index in [1.807, 2.05) is 0 Å². The molecule has 0 saturated heterocycles. The van der Waals surface area contributed by atoms with Gasteiger partial charge in [-0.2, -0.15) is 0 Å². The molecule has 0 radical (unpaired) electrons. The summed E-state index contributed by atoms with van der Waals surface area (Å²) in [6.07, 6.45) is 17.6. The molecule has 0 aromatic heterocycles. The van der Waals surface area contributed by atoms with Crippen molar-refractivity contribution in [2.75, 3.05) is 0 Å². The van der Waals surface area contributed by atoms with Crippen molar-refractivity contribution in [2.45, 2.75) is 92.4 Å². The summed E-state index contributed by atoms with van der Waals surface area (Å²) in [5, 5.41) is 0. The highest BCUT2D eigenvalue weighted by Crippen LogP contribution is 2.46. The van der Waals surface area contributed by atoms with Gasteiger partial charge in [0.2, 0.25) is 0 Å². The minimum Gasteiger partial charge on any atom is -0.0883 e. The van der Waals surface area contributed by atoms with Crippen molar-refractivity contribution >= 4 is 0 Å². The summed E-state index contributed by atoms with van der Waals surface area (Å²) in [4.78, 5) is 0. The molecule has 4 unspecified atom stereocenters. The van der Waals surface area contributed by atoms with Gasteiger partial charge in [-0.3, -0.25) is 0 Å². The van der Waals surface area contributed by atoms with E-state index >= 15 is 0 Å². The molecule has 0 spiro atoms. The number of hydrogen-bond acceptors (Lipinski definition) is 0. The Balaban J connectivity index is 1.99. The van der Waals surface area contributed by atoms with E-state index in [1.165, 1.54) is 57.8 Å². The fourth-order valence-electron chi connectivity index (χ4n) is 3.35. The summed E-state index contributed by atoms with van der Waals surface area (Å²) in [5.41, 5.74) is 0. The van der Waals surface area contributed by atoms with Gasteiger partial charge in [0.15, 0.2) is 0 Å². The normalized spacial score (nSPS) is 24.7. The van der Waals surface area contributed by atoms with Crippen molar-refractivity contribution in [3.63, 3.8) is 0 Å². The number of unbranched alkanes of at least 4 members (excludes halogenated alkanes) is 1. The highest BCUT2D eigenvalue weighted by Gasteiger charge is 2.36. The molecule has 0 bridgehead atoms. The molecule has 1 fully saturated rings. The van der Waals surface area contributed by atoms with Crippen LogP contribution >= 0.6 is 0 Å². The topological polar surface area (TPSA) is 0 Å². The van der Waals surface area contributed by atoms with Crippen molar-refractivity contribution in [1.82, 2.24) is 0 Å². The maximum Gasteiger partial charge on any atom is -0.0319 e. The molecule has 0 amide bonds. The third-order valence-corrected chi connectivity index (χ3v) is 5.33. The van der Waals surface area contributed by atoms with Crippen molar-refractivity contribution in [3.05, 3.63) is 12.2 Å². The largest absolute Gasteiger partial charge is 0.0883 e. The second-order valence-electron chi connectivity index (χ2n) is 8.23. The molecule has 0 aromatic carbocycles. The van der Waals surface area contributed by atoms with Gasteiger partial charge < -0.3 is 0 Å². The van der Waals surface area contributed by atoms with Crippen LogP contribution in [0.2, 0.25) is 0 Å². The Hall–Kier alpha value is -0.260. The lowest BCUT2D eigenvalue weighted by atomic mass is 9.94. The zero-order valence-corrected chi connectivity index (χ0v) is 15.4. The van der Waals surface area contributed by atoms with E-state index in [-0.39, 0.29) is 0 Å². The van der Waals surface area contributed by atoms with Crippen LogP contribution in [0, 0.1) is 29.6 Å². The highest BCUT2D eigenvalue weighted by molar-refractivity contribution is 4.94. The Kier molecular flexibility index (Phi) is 9.36. The van der Waals surface area contributed by atoms with Crippen molar-refractivity contribution < 1.29 is 0 Å². The first-order valence-corrected chi connectivity index (χ1v) is 9.67. The summed E-state index contributed by atoms with van der Waals surface area (Å²) < 4.78 is 0. The van der Waals surface area contributed by atoms with Gasteiger partial charge in [0.1, 0.15) is 0 Å². The smallest absolute Gasteiger partial charge is 0.0319 e. The number of hydrogen-bond donors (Lipinski definition) is 0. The SMILES string of the molecule is CCC(C)CCCCC(C)CC1CC1CC=CCC(C)C. The van der Waals surface area contributed by atoms with Crippen LogP contribution in [0.3, 0.4) is 0 Å². The first-order chi connectivity index (χ1) is 10.0. The number of allylic oxidation sites excluding steroid dienone is 2. The van der Waals surface area contributed by atoms with Gasteiger partial charge in [-0.1, -0.05) is 78.9 Å². The van der Waals surface area contributed by atoms with Crippen LogP contribution in [0.25, 0.3) is 0 Å². The Morgan fingerprint density at radius 2 is 1.57 bits per heavy atom. The lowest BCUT2D eigenvalue weighted by molar-refractivity contribution is 0.407. The quantitative estimate of drug-likeness (QED) is 0.262. The molecule has 1 saturated carbocycles. The molecule has 1 rings (SSSR count). The molecule has 21 heavy (non-hydrogen) atoms. The van der Waals surface area contributed by atoms with Crippen LogP contribution in [-0.2, 0) is 0 Å². The maximum absolute atomic E-state index is 2.48. The summed E-state index contributed by atoms with van der Waals surface area (Å²) in [7, 11) is 0. The predicted octanol–water partition coefficient (Wildman–Crippen LogP) is 7.25. The van der Waals surface area contributed by atoms with Crippen LogP contribution in [0.5, 0.6) is 0 Å². The molecule has 0 heteroatoms. The van der Waals surface area contributed by atoms with E-state index in [0.717, 1.165) is 29.6 Å². The van der Waals surface area contributed by atoms with Crippen molar-refractivity contribution in [1.29, 1.82) is 0 Å². The average molecular weight is 293 g/mol. The fourth-order valence-corrected chi connectivity index (χ4v) is 3.35. The average Bonchev–Trinajstić information content (AvgIpc) is 3.17. The maximum atomic E-state index is 2.48. The van der Waals surface area contributed by atoms with Gasteiger partial charge in [-0.15, -0.1) is 0 Å². The minimum absolute atomic E-state index is 0.812. The lowest BCUT2D eigenvalue weighted by Crippen LogP contribution is -1.99. The molecule has 1 aliphatic rings. The van der Waals surface area contributed by atoms with Gasteiger partial charge in [0.05, 0.1) is 0 Å². The molecule has 124 valence electrons. The zero-order chi connectivity index (χ0) is 15.7. The van der Waals surface area contributed by atoms with E-state index < -0.39 is 0 Å². The first kappa shape index (κ1) is 18.8. The van der Waals surface area contributed by atoms with Gasteiger partial charge in [-0.05, 0) is 55.3 Å². The Morgan fingerprint density at radius 3 is 2.19 bits per heavy atom. The third-order valence-electron chi connectivity index (χ3n) is 5.33. The second kappa shape index (κ2) is 10.5. The molecule has 0 N–H and O–H groups in total. The Labute approximate surface area is 134 Å². The lowest BCUT2D eigenvalue weighted by Gasteiger charge is -2.12. The van der Waals surface area contributed by atoms with E-state index in [9.17, 15) is 0 Å². The van der Waals surface area contributed by atoms with Crippen LogP contribution in [0.15, 0.2) is 12.2 Å². The van der Waals surface area contributed by atoms with Gasteiger partial charge >= 0.3 is 0 Å². The van der Waals surface area contributed by atoms with Crippen LogP contribution in [-0.4, -0.2) is 0 Å². The van der Waals surface area contributed by atoms with Crippen LogP contribution in [0.1, 0.15) is 92.4 Å². The Bertz CT molecular complexity index is 276. The third kappa shape index (κ3) is 9.38. The molecule has 0 heterocycles. The summed E-state index contributed by atoms with van der Waals surface area (Å²) in [5.74, 6) is 4.78. The van der Waals surface area contributed by atoms with E-state index in [2.05, 4.69) is 46.8 Å². The van der Waals surface area contributed by atoms with Gasteiger partial charge in [0, 0.05) is 0 Å². The fraction of sp³-hybridized carbons (Fsp3) is 0.905. The number of rotatable bonds is 12. The summed E-state index contributed by atoms with van der Waals surface area (Å²) in [6, 6.07) is 0. The molecular formula is C21H40. The predicted molar refractivity (Wildman–Crippen MR) is 96.5 cm³/mol.